The first-order valence-electron chi connectivity index (χ1n) is 23.8. The second-order valence-corrected chi connectivity index (χ2v) is 17.4. The van der Waals surface area contributed by atoms with Gasteiger partial charge in [-0.25, -0.2) is 0 Å². The zero-order valence-electron chi connectivity index (χ0n) is 36.6. The van der Waals surface area contributed by atoms with Crippen LogP contribution in [-0.4, -0.2) is 87.5 Å². The molecule has 1 rings (SSSR count). The van der Waals surface area contributed by atoms with E-state index in [2.05, 4.69) is 26.1 Å². The smallest absolute Gasteiger partial charge is 0.220 e. The maximum absolute atomic E-state index is 13.0. The quantitative estimate of drug-likeness (QED) is 0.0266. The number of allylic oxidation sites excluding steroid dienone is 1. The Bertz CT molecular complexity index is 901. The Morgan fingerprint density at radius 1 is 0.643 bits per heavy atom. The third-order valence-corrected chi connectivity index (χ3v) is 11.5. The average molecular weight is 798 g/mol. The van der Waals surface area contributed by atoms with Gasteiger partial charge < -0.3 is 40.3 Å². The number of rotatable bonds is 39. The number of nitrogens with one attached hydrogen (secondary N) is 1. The molecule has 0 spiro atoms. The van der Waals surface area contributed by atoms with E-state index in [9.17, 15) is 30.3 Å². The second-order valence-electron chi connectivity index (χ2n) is 17.4. The van der Waals surface area contributed by atoms with E-state index >= 15 is 0 Å². The molecule has 1 aliphatic rings. The number of hydrogen-bond donors (Lipinski definition) is 6. The molecule has 0 saturated carbocycles. The molecule has 0 radical (unpaired) electrons. The molecule has 0 aromatic rings. The van der Waals surface area contributed by atoms with Crippen LogP contribution in [0.2, 0.25) is 0 Å². The minimum absolute atomic E-state index is 0.174. The SMILES string of the molecule is CCCCCCCCCCCCCCCCCCCCCC(=O)NC(COC1OC(CO)C(O)C(O)C1O)C(O)C=CCCCCCCCCCCCC(C)C. The third kappa shape index (κ3) is 28.4. The number of carbonyl (C=O) groups excluding carboxylic acids is 1. The van der Waals surface area contributed by atoms with Gasteiger partial charge in [0.1, 0.15) is 24.4 Å². The molecule has 1 heterocycles. The van der Waals surface area contributed by atoms with E-state index in [-0.39, 0.29) is 12.5 Å². The first kappa shape index (κ1) is 52.9. The van der Waals surface area contributed by atoms with Crippen LogP contribution in [0.5, 0.6) is 0 Å². The van der Waals surface area contributed by atoms with Gasteiger partial charge in [0.15, 0.2) is 6.29 Å². The summed E-state index contributed by atoms with van der Waals surface area (Å²) in [6, 6.07) is -0.799. The average Bonchev–Trinajstić information content (AvgIpc) is 3.18. The lowest BCUT2D eigenvalue weighted by Gasteiger charge is -2.40. The van der Waals surface area contributed by atoms with Gasteiger partial charge in [-0.1, -0.05) is 206 Å². The number of aliphatic hydroxyl groups excluding tert-OH is 5. The molecule has 6 N–H and O–H groups in total. The highest BCUT2D eigenvalue weighted by atomic mass is 16.7. The second kappa shape index (κ2) is 37.0. The highest BCUT2D eigenvalue weighted by Crippen LogP contribution is 2.23. The molecule has 1 amide bonds. The maximum Gasteiger partial charge on any atom is 0.220 e. The molecule has 7 atom stereocenters. The predicted octanol–water partition coefficient (Wildman–Crippen LogP) is 9.97. The van der Waals surface area contributed by atoms with E-state index < -0.39 is 49.5 Å². The van der Waals surface area contributed by atoms with E-state index in [1.165, 1.54) is 154 Å². The summed E-state index contributed by atoms with van der Waals surface area (Å²) in [4.78, 5) is 13.0. The Hall–Kier alpha value is -1.07. The van der Waals surface area contributed by atoms with Crippen LogP contribution in [0.25, 0.3) is 0 Å². The highest BCUT2D eigenvalue weighted by molar-refractivity contribution is 5.76. The van der Waals surface area contributed by atoms with Gasteiger partial charge in [0.25, 0.3) is 0 Å². The van der Waals surface area contributed by atoms with Crippen LogP contribution in [-0.2, 0) is 14.3 Å². The molecule has 56 heavy (non-hydrogen) atoms. The lowest BCUT2D eigenvalue weighted by atomic mass is 9.99. The van der Waals surface area contributed by atoms with Gasteiger partial charge in [-0.15, -0.1) is 0 Å². The lowest BCUT2D eigenvalue weighted by molar-refractivity contribution is -0.302. The number of hydrogen-bond acceptors (Lipinski definition) is 8. The molecule has 0 bridgehead atoms. The van der Waals surface area contributed by atoms with E-state index in [1.54, 1.807) is 6.08 Å². The first-order chi connectivity index (χ1) is 27.2. The van der Waals surface area contributed by atoms with Gasteiger partial charge in [-0.3, -0.25) is 4.79 Å². The van der Waals surface area contributed by atoms with Gasteiger partial charge in [-0.2, -0.15) is 0 Å². The van der Waals surface area contributed by atoms with Crippen molar-refractivity contribution in [3.05, 3.63) is 12.2 Å². The number of aliphatic hydroxyl groups is 5. The van der Waals surface area contributed by atoms with Crippen LogP contribution in [0.3, 0.4) is 0 Å². The van der Waals surface area contributed by atoms with Crippen LogP contribution >= 0.6 is 0 Å². The van der Waals surface area contributed by atoms with Gasteiger partial charge in [0.2, 0.25) is 5.91 Å². The van der Waals surface area contributed by atoms with Gasteiger partial charge in [0, 0.05) is 6.42 Å². The molecular formula is C47H91NO8. The van der Waals surface area contributed by atoms with Crippen LogP contribution < -0.4 is 5.32 Å². The summed E-state index contributed by atoms with van der Waals surface area (Å²) in [5.41, 5.74) is 0. The molecule has 332 valence electrons. The molecule has 1 fully saturated rings. The van der Waals surface area contributed by atoms with E-state index in [0.717, 1.165) is 44.4 Å². The zero-order valence-corrected chi connectivity index (χ0v) is 36.6. The van der Waals surface area contributed by atoms with Crippen molar-refractivity contribution in [3.8, 4) is 0 Å². The largest absolute Gasteiger partial charge is 0.394 e. The highest BCUT2D eigenvalue weighted by Gasteiger charge is 2.44. The minimum Gasteiger partial charge on any atom is -0.394 e. The molecule has 0 aliphatic carbocycles. The zero-order chi connectivity index (χ0) is 41.1. The Balaban J connectivity index is 2.31. The summed E-state index contributed by atoms with van der Waals surface area (Å²) < 4.78 is 11.2. The van der Waals surface area contributed by atoms with E-state index in [4.69, 9.17) is 9.47 Å². The molecule has 1 aliphatic heterocycles. The molecule has 0 aromatic carbocycles. The van der Waals surface area contributed by atoms with Gasteiger partial charge >= 0.3 is 0 Å². The normalized spacial score (nSPS) is 21.3. The lowest BCUT2D eigenvalue weighted by Crippen LogP contribution is -2.60. The monoisotopic (exact) mass is 798 g/mol. The van der Waals surface area contributed by atoms with Gasteiger partial charge in [0.05, 0.1) is 25.4 Å². The molecular weight excluding hydrogens is 707 g/mol. The Labute approximate surface area is 344 Å². The van der Waals surface area contributed by atoms with Crippen molar-refractivity contribution >= 4 is 5.91 Å². The van der Waals surface area contributed by atoms with Gasteiger partial charge in [-0.05, 0) is 25.2 Å². The van der Waals surface area contributed by atoms with Crippen molar-refractivity contribution in [3.63, 3.8) is 0 Å². The van der Waals surface area contributed by atoms with Crippen LogP contribution in [0.4, 0.5) is 0 Å². The van der Waals surface area contributed by atoms with Crippen LogP contribution in [0, 0.1) is 5.92 Å². The molecule has 9 nitrogen and oxygen atoms in total. The standard InChI is InChI=1S/C47H91NO8/c1-4-5-6-7-8-9-10-11-12-13-14-15-16-17-21-24-27-30-33-36-43(51)48-40(38-55-47-46(54)45(53)44(52)42(37-49)56-47)41(50)35-32-29-26-23-20-18-19-22-25-28-31-34-39(2)3/h32,35,39-42,44-47,49-50,52-54H,4-31,33-34,36-38H2,1-3H3,(H,48,51). The maximum atomic E-state index is 13.0. The van der Waals surface area contributed by atoms with Crippen molar-refractivity contribution in [1.29, 1.82) is 0 Å². The van der Waals surface area contributed by atoms with Crippen molar-refractivity contribution in [2.45, 2.75) is 263 Å². The summed E-state index contributed by atoms with van der Waals surface area (Å²) in [5.74, 6) is 0.629. The summed E-state index contributed by atoms with van der Waals surface area (Å²) >= 11 is 0. The Kier molecular flexibility index (Phi) is 35.0. The molecule has 0 aromatic heterocycles. The number of carbonyl (C=O) groups is 1. The van der Waals surface area contributed by atoms with Crippen molar-refractivity contribution in [1.82, 2.24) is 5.32 Å². The number of unbranched alkanes of at least 4 members (excludes halogenated alkanes) is 27. The van der Waals surface area contributed by atoms with Crippen molar-refractivity contribution < 1.29 is 39.8 Å². The fraction of sp³-hybridized carbons (Fsp3) is 0.936. The Morgan fingerprint density at radius 2 is 1.09 bits per heavy atom. The van der Waals surface area contributed by atoms with Crippen LogP contribution in [0.1, 0.15) is 220 Å². The predicted molar refractivity (Wildman–Crippen MR) is 230 cm³/mol. The van der Waals surface area contributed by atoms with Crippen molar-refractivity contribution in [2.24, 2.45) is 5.92 Å². The Morgan fingerprint density at radius 3 is 1.55 bits per heavy atom. The number of amides is 1. The summed E-state index contributed by atoms with van der Waals surface area (Å²) in [7, 11) is 0. The number of ether oxygens (including phenoxy) is 2. The molecule has 1 saturated heterocycles. The summed E-state index contributed by atoms with van der Waals surface area (Å²) in [6.45, 7) is 6.11. The third-order valence-electron chi connectivity index (χ3n) is 11.5. The van der Waals surface area contributed by atoms with Crippen molar-refractivity contribution in [2.75, 3.05) is 13.2 Å². The van der Waals surface area contributed by atoms with E-state index in [1.807, 2.05) is 6.08 Å². The topological polar surface area (TPSA) is 149 Å². The summed E-state index contributed by atoms with van der Waals surface area (Å²) in [6.07, 6.45) is 34.0. The minimum atomic E-state index is -1.56. The fourth-order valence-electron chi connectivity index (χ4n) is 7.69. The fourth-order valence-corrected chi connectivity index (χ4v) is 7.69. The summed E-state index contributed by atoms with van der Waals surface area (Å²) in [5, 5.41) is 54.2. The van der Waals surface area contributed by atoms with Crippen LogP contribution in [0.15, 0.2) is 12.2 Å². The van der Waals surface area contributed by atoms with E-state index in [0.29, 0.717) is 6.42 Å². The first-order valence-corrected chi connectivity index (χ1v) is 23.8. The molecule has 9 heteroatoms. The molecule has 7 unspecified atom stereocenters.